The quantitative estimate of drug-likeness (QED) is 0.437. The van der Waals surface area contributed by atoms with Gasteiger partial charge in [0, 0.05) is 29.5 Å². The number of hydrogen-bond donors (Lipinski definition) is 3. The standard InChI is InChI=1S/C22H18FN3O3S/c23-18-6-9-20(10-7-18)30(28,29)25-14-15-1-3-17(4-2-15)22(27)26-19-8-5-16-11-12-24-21(16)13-19/h1-13,24-25H,14H2,(H,26,27). The van der Waals surface area contributed by atoms with E-state index >= 15 is 0 Å². The first-order valence-electron chi connectivity index (χ1n) is 9.13. The number of halogens is 1. The van der Waals surface area contributed by atoms with Gasteiger partial charge >= 0.3 is 0 Å². The van der Waals surface area contributed by atoms with Crippen LogP contribution in [-0.2, 0) is 16.6 Å². The Labute approximate surface area is 172 Å². The predicted octanol–water partition coefficient (Wildman–Crippen LogP) is 4.04. The largest absolute Gasteiger partial charge is 0.361 e. The molecule has 0 aliphatic rings. The average Bonchev–Trinajstić information content (AvgIpc) is 3.21. The summed E-state index contributed by atoms with van der Waals surface area (Å²) in [5.41, 5.74) is 2.74. The second-order valence-electron chi connectivity index (χ2n) is 6.71. The summed E-state index contributed by atoms with van der Waals surface area (Å²) in [7, 11) is -3.75. The topological polar surface area (TPSA) is 91.1 Å². The number of carbonyl (C=O) groups is 1. The van der Waals surface area contributed by atoms with E-state index in [0.29, 0.717) is 16.8 Å². The Morgan fingerprint density at radius 1 is 0.933 bits per heavy atom. The zero-order chi connectivity index (χ0) is 21.1. The summed E-state index contributed by atoms with van der Waals surface area (Å²) >= 11 is 0. The van der Waals surface area contributed by atoms with E-state index in [0.717, 1.165) is 23.0 Å². The first-order chi connectivity index (χ1) is 14.4. The van der Waals surface area contributed by atoms with E-state index in [1.54, 1.807) is 24.3 Å². The molecule has 0 aliphatic carbocycles. The van der Waals surface area contributed by atoms with Crippen molar-refractivity contribution in [1.29, 1.82) is 0 Å². The van der Waals surface area contributed by atoms with Crippen LogP contribution in [0.5, 0.6) is 0 Å². The molecule has 30 heavy (non-hydrogen) atoms. The molecule has 1 amide bonds. The summed E-state index contributed by atoms with van der Waals surface area (Å²) < 4.78 is 40.0. The highest BCUT2D eigenvalue weighted by Crippen LogP contribution is 2.18. The van der Waals surface area contributed by atoms with Crippen LogP contribution in [0.1, 0.15) is 15.9 Å². The van der Waals surface area contributed by atoms with Crippen LogP contribution in [0.3, 0.4) is 0 Å². The van der Waals surface area contributed by atoms with Gasteiger partial charge in [-0.3, -0.25) is 4.79 Å². The molecular formula is C22H18FN3O3S. The van der Waals surface area contributed by atoms with Crippen LogP contribution in [0.25, 0.3) is 10.9 Å². The number of amides is 1. The monoisotopic (exact) mass is 423 g/mol. The fraction of sp³-hybridized carbons (Fsp3) is 0.0455. The maximum Gasteiger partial charge on any atom is 0.255 e. The molecule has 0 aliphatic heterocycles. The molecule has 3 N–H and O–H groups in total. The highest BCUT2D eigenvalue weighted by molar-refractivity contribution is 7.89. The molecule has 152 valence electrons. The van der Waals surface area contributed by atoms with Crippen molar-refractivity contribution in [1.82, 2.24) is 9.71 Å². The number of H-pyrrole nitrogens is 1. The molecule has 0 fully saturated rings. The summed E-state index contributed by atoms with van der Waals surface area (Å²) in [6, 6.07) is 18.7. The molecule has 0 radical (unpaired) electrons. The summed E-state index contributed by atoms with van der Waals surface area (Å²) in [5, 5.41) is 3.90. The normalized spacial score (nSPS) is 11.5. The van der Waals surface area contributed by atoms with Crippen LogP contribution < -0.4 is 10.0 Å². The lowest BCUT2D eigenvalue weighted by Gasteiger charge is -2.08. The highest BCUT2D eigenvalue weighted by Gasteiger charge is 2.14. The predicted molar refractivity (Wildman–Crippen MR) is 113 cm³/mol. The molecule has 1 aromatic heterocycles. The van der Waals surface area contributed by atoms with Crippen LogP contribution in [0.4, 0.5) is 10.1 Å². The minimum absolute atomic E-state index is 0.0149. The van der Waals surface area contributed by atoms with Crippen molar-refractivity contribution in [3.63, 3.8) is 0 Å². The summed E-state index contributed by atoms with van der Waals surface area (Å²) in [6.45, 7) is 0.0467. The Morgan fingerprint density at radius 2 is 1.67 bits per heavy atom. The van der Waals surface area contributed by atoms with E-state index in [1.807, 2.05) is 30.5 Å². The van der Waals surface area contributed by atoms with Crippen LogP contribution in [0.15, 0.2) is 83.9 Å². The van der Waals surface area contributed by atoms with E-state index in [1.165, 1.54) is 12.1 Å². The Bertz CT molecular complexity index is 1300. The van der Waals surface area contributed by atoms with Gasteiger partial charge in [-0.1, -0.05) is 18.2 Å². The highest BCUT2D eigenvalue weighted by atomic mass is 32.2. The fourth-order valence-electron chi connectivity index (χ4n) is 2.98. The van der Waals surface area contributed by atoms with E-state index < -0.39 is 15.8 Å². The zero-order valence-electron chi connectivity index (χ0n) is 15.7. The van der Waals surface area contributed by atoms with Crippen molar-refractivity contribution >= 4 is 32.5 Å². The van der Waals surface area contributed by atoms with Crippen LogP contribution in [0.2, 0.25) is 0 Å². The molecule has 0 saturated carbocycles. The number of aromatic nitrogens is 1. The van der Waals surface area contributed by atoms with Gasteiger partial charge < -0.3 is 10.3 Å². The third-order valence-corrected chi connectivity index (χ3v) is 6.04. The van der Waals surface area contributed by atoms with Crippen molar-refractivity contribution in [2.24, 2.45) is 0 Å². The summed E-state index contributed by atoms with van der Waals surface area (Å²) in [4.78, 5) is 15.5. The molecule has 0 bridgehead atoms. The van der Waals surface area contributed by atoms with Gasteiger partial charge in [0.05, 0.1) is 4.90 Å². The number of benzene rings is 3. The van der Waals surface area contributed by atoms with E-state index in [2.05, 4.69) is 15.0 Å². The lowest BCUT2D eigenvalue weighted by molar-refractivity contribution is 0.102. The smallest absolute Gasteiger partial charge is 0.255 e. The van der Waals surface area contributed by atoms with Gasteiger partial charge in [0.1, 0.15) is 5.82 Å². The van der Waals surface area contributed by atoms with Gasteiger partial charge in [-0.25, -0.2) is 17.5 Å². The number of hydrogen-bond acceptors (Lipinski definition) is 3. The minimum atomic E-state index is -3.75. The molecule has 6 nitrogen and oxygen atoms in total. The van der Waals surface area contributed by atoms with Gasteiger partial charge in [0.25, 0.3) is 5.91 Å². The molecule has 0 atom stereocenters. The minimum Gasteiger partial charge on any atom is -0.361 e. The fourth-order valence-corrected chi connectivity index (χ4v) is 4.00. The molecule has 0 spiro atoms. The van der Waals surface area contributed by atoms with Crippen molar-refractivity contribution in [3.05, 3.63) is 95.9 Å². The third-order valence-electron chi connectivity index (χ3n) is 4.62. The molecule has 4 aromatic rings. The Kier molecular flexibility index (Phi) is 5.35. The van der Waals surface area contributed by atoms with Crippen LogP contribution >= 0.6 is 0 Å². The van der Waals surface area contributed by atoms with Gasteiger partial charge in [-0.2, -0.15) is 0 Å². The van der Waals surface area contributed by atoms with Gasteiger partial charge in [-0.05, 0) is 65.5 Å². The molecule has 4 rings (SSSR count). The maximum atomic E-state index is 13.0. The summed E-state index contributed by atoms with van der Waals surface area (Å²) in [5.74, 6) is -0.769. The lowest BCUT2D eigenvalue weighted by Crippen LogP contribution is -2.23. The zero-order valence-corrected chi connectivity index (χ0v) is 16.5. The molecule has 0 saturated heterocycles. The van der Waals surface area contributed by atoms with Gasteiger partial charge in [-0.15, -0.1) is 0 Å². The average molecular weight is 423 g/mol. The SMILES string of the molecule is O=C(Nc1ccc2cc[nH]c2c1)c1ccc(CNS(=O)(=O)c2ccc(F)cc2)cc1. The first-order valence-corrected chi connectivity index (χ1v) is 10.6. The Balaban J connectivity index is 1.39. The molecule has 8 heteroatoms. The molecular weight excluding hydrogens is 405 g/mol. The van der Waals surface area contributed by atoms with E-state index in [-0.39, 0.29) is 17.3 Å². The van der Waals surface area contributed by atoms with Crippen molar-refractivity contribution in [2.45, 2.75) is 11.4 Å². The maximum absolute atomic E-state index is 13.0. The number of anilines is 1. The summed E-state index contributed by atoms with van der Waals surface area (Å²) in [6.07, 6.45) is 1.83. The van der Waals surface area contributed by atoms with Gasteiger partial charge in [0.2, 0.25) is 10.0 Å². The lowest BCUT2D eigenvalue weighted by atomic mass is 10.1. The molecule has 0 unspecified atom stereocenters. The van der Waals surface area contributed by atoms with E-state index in [4.69, 9.17) is 0 Å². The number of sulfonamides is 1. The van der Waals surface area contributed by atoms with Crippen molar-refractivity contribution < 1.29 is 17.6 Å². The van der Waals surface area contributed by atoms with Gasteiger partial charge in [0.15, 0.2) is 0 Å². The third kappa shape index (κ3) is 4.40. The molecule has 3 aromatic carbocycles. The van der Waals surface area contributed by atoms with Crippen molar-refractivity contribution in [3.8, 4) is 0 Å². The second kappa shape index (κ2) is 8.10. The van der Waals surface area contributed by atoms with Crippen molar-refractivity contribution in [2.75, 3.05) is 5.32 Å². The van der Waals surface area contributed by atoms with Crippen LogP contribution in [-0.4, -0.2) is 19.3 Å². The first kappa shape index (κ1) is 19.8. The second-order valence-corrected chi connectivity index (χ2v) is 8.48. The van der Waals surface area contributed by atoms with E-state index in [9.17, 15) is 17.6 Å². The Morgan fingerprint density at radius 3 is 2.40 bits per heavy atom. The Hall–Kier alpha value is -3.49. The number of nitrogens with one attached hydrogen (secondary N) is 3. The number of fused-ring (bicyclic) bond motifs is 1. The number of aromatic amines is 1. The van der Waals surface area contributed by atoms with Crippen LogP contribution in [0, 0.1) is 5.82 Å². The number of rotatable bonds is 6. The molecule has 1 heterocycles. The number of carbonyl (C=O) groups excluding carboxylic acids is 1.